The number of anilines is 1. The van der Waals surface area contributed by atoms with Gasteiger partial charge in [0.15, 0.2) is 0 Å². The summed E-state index contributed by atoms with van der Waals surface area (Å²) in [5.74, 6) is -0.0627. The molecule has 0 aromatic carbocycles. The number of ether oxygens (including phenoxy) is 1. The number of thiophene rings is 1. The molecule has 3 aromatic heterocycles. The number of methoxy groups -OCH3 is 1. The number of amides is 1. The summed E-state index contributed by atoms with van der Waals surface area (Å²) in [4.78, 5) is 32.6. The van der Waals surface area contributed by atoms with Crippen molar-refractivity contribution in [2.45, 2.75) is 0 Å². The van der Waals surface area contributed by atoms with Crippen molar-refractivity contribution in [3.63, 3.8) is 0 Å². The molecule has 0 unspecified atom stereocenters. The molecule has 1 N–H and O–H groups in total. The molecule has 0 aliphatic heterocycles. The normalized spacial score (nSPS) is 10.3. The number of aromatic nitrogens is 3. The highest BCUT2D eigenvalue weighted by atomic mass is 32.1. The molecule has 116 valence electrons. The number of esters is 1. The second-order valence-electron chi connectivity index (χ2n) is 4.48. The van der Waals surface area contributed by atoms with Gasteiger partial charge in [0.25, 0.3) is 5.91 Å². The van der Waals surface area contributed by atoms with Crippen molar-refractivity contribution < 1.29 is 14.3 Å². The van der Waals surface area contributed by atoms with Crippen LogP contribution in [0.25, 0.3) is 5.82 Å². The van der Waals surface area contributed by atoms with Crippen LogP contribution >= 0.6 is 11.3 Å². The van der Waals surface area contributed by atoms with Crippen molar-refractivity contribution in [3.8, 4) is 5.82 Å². The maximum atomic E-state index is 12.2. The van der Waals surface area contributed by atoms with Crippen molar-refractivity contribution >= 4 is 28.9 Å². The van der Waals surface area contributed by atoms with Crippen molar-refractivity contribution in [1.29, 1.82) is 0 Å². The number of hydrogen-bond acceptors (Lipinski definition) is 6. The Morgan fingerprint density at radius 3 is 2.70 bits per heavy atom. The van der Waals surface area contributed by atoms with E-state index in [1.165, 1.54) is 7.11 Å². The first-order valence-corrected chi connectivity index (χ1v) is 7.43. The predicted octanol–water partition coefficient (Wildman–Crippen LogP) is 2.37. The summed E-state index contributed by atoms with van der Waals surface area (Å²) in [5, 5.41) is 2.73. The Balaban J connectivity index is 1.70. The first kappa shape index (κ1) is 14.9. The molecule has 3 heterocycles. The van der Waals surface area contributed by atoms with E-state index >= 15 is 0 Å². The molecular formula is C15H12N4O3S. The molecule has 3 rings (SSSR count). The molecule has 0 spiro atoms. The fourth-order valence-corrected chi connectivity index (χ4v) is 2.69. The number of rotatable bonds is 4. The van der Waals surface area contributed by atoms with Gasteiger partial charge in [0.1, 0.15) is 17.0 Å². The van der Waals surface area contributed by atoms with Crippen LogP contribution in [0.4, 0.5) is 5.69 Å². The SMILES string of the molecule is COC(=O)c1ccc(C(=O)Nc2ccc(-n3ccnc3)nc2)s1. The van der Waals surface area contributed by atoms with Crippen LogP contribution < -0.4 is 5.32 Å². The highest BCUT2D eigenvalue weighted by molar-refractivity contribution is 7.16. The largest absolute Gasteiger partial charge is 0.465 e. The van der Waals surface area contributed by atoms with Crippen LogP contribution in [0.3, 0.4) is 0 Å². The minimum atomic E-state index is -0.458. The van der Waals surface area contributed by atoms with E-state index in [-0.39, 0.29) is 5.91 Å². The van der Waals surface area contributed by atoms with Gasteiger partial charge in [-0.2, -0.15) is 0 Å². The molecule has 0 aliphatic rings. The number of nitrogens with one attached hydrogen (secondary N) is 1. The lowest BCUT2D eigenvalue weighted by Gasteiger charge is -2.05. The smallest absolute Gasteiger partial charge is 0.348 e. The van der Waals surface area contributed by atoms with Crippen molar-refractivity contribution in [1.82, 2.24) is 14.5 Å². The van der Waals surface area contributed by atoms with E-state index in [0.717, 1.165) is 11.3 Å². The van der Waals surface area contributed by atoms with E-state index < -0.39 is 5.97 Å². The summed E-state index contributed by atoms with van der Waals surface area (Å²) in [7, 11) is 1.30. The standard InChI is InChI=1S/C15H12N4O3S/c1-22-15(21)12-4-3-11(23-12)14(20)18-10-2-5-13(17-8-10)19-7-6-16-9-19/h2-9H,1H3,(H,18,20). The van der Waals surface area contributed by atoms with Gasteiger partial charge >= 0.3 is 5.97 Å². The number of hydrogen-bond donors (Lipinski definition) is 1. The quantitative estimate of drug-likeness (QED) is 0.743. The van der Waals surface area contributed by atoms with E-state index in [0.29, 0.717) is 21.3 Å². The van der Waals surface area contributed by atoms with Crippen molar-refractivity contribution in [3.05, 3.63) is 58.9 Å². The highest BCUT2D eigenvalue weighted by Gasteiger charge is 2.14. The first-order valence-electron chi connectivity index (χ1n) is 6.61. The molecule has 7 nitrogen and oxygen atoms in total. The molecule has 0 fully saturated rings. The molecule has 23 heavy (non-hydrogen) atoms. The lowest BCUT2D eigenvalue weighted by Crippen LogP contribution is -2.10. The molecular weight excluding hydrogens is 316 g/mol. The summed E-state index contributed by atoms with van der Waals surface area (Å²) in [6.45, 7) is 0. The van der Waals surface area contributed by atoms with Gasteiger partial charge in [0.2, 0.25) is 0 Å². The Hall–Kier alpha value is -3.00. The van der Waals surface area contributed by atoms with Gasteiger partial charge in [-0.3, -0.25) is 9.36 Å². The third kappa shape index (κ3) is 3.27. The third-order valence-corrected chi connectivity index (χ3v) is 4.06. The zero-order valence-electron chi connectivity index (χ0n) is 12.1. The van der Waals surface area contributed by atoms with E-state index in [9.17, 15) is 9.59 Å². The zero-order valence-corrected chi connectivity index (χ0v) is 12.9. The average molecular weight is 328 g/mol. The van der Waals surface area contributed by atoms with Crippen LogP contribution in [-0.2, 0) is 4.74 Å². The van der Waals surface area contributed by atoms with Gasteiger partial charge in [-0.15, -0.1) is 11.3 Å². The van der Waals surface area contributed by atoms with Gasteiger partial charge in [-0.05, 0) is 24.3 Å². The number of imidazole rings is 1. The maximum absolute atomic E-state index is 12.2. The average Bonchev–Trinajstić information content (AvgIpc) is 3.26. The topological polar surface area (TPSA) is 86.1 Å². The van der Waals surface area contributed by atoms with Gasteiger partial charge < -0.3 is 10.1 Å². The fourth-order valence-electron chi connectivity index (χ4n) is 1.87. The lowest BCUT2D eigenvalue weighted by atomic mass is 10.3. The van der Waals surface area contributed by atoms with Crippen LogP contribution in [0.15, 0.2) is 49.2 Å². The van der Waals surface area contributed by atoms with Gasteiger partial charge in [-0.1, -0.05) is 0 Å². The summed E-state index contributed by atoms with van der Waals surface area (Å²) in [6, 6.07) is 6.66. The molecule has 1 amide bonds. The Morgan fingerprint density at radius 1 is 1.22 bits per heavy atom. The molecule has 0 bridgehead atoms. The lowest BCUT2D eigenvalue weighted by molar-refractivity contribution is 0.0606. The minimum absolute atomic E-state index is 0.303. The van der Waals surface area contributed by atoms with E-state index in [4.69, 9.17) is 0 Å². The number of carbonyl (C=O) groups is 2. The maximum Gasteiger partial charge on any atom is 0.348 e. The first-order chi connectivity index (χ1) is 11.2. The summed E-state index contributed by atoms with van der Waals surface area (Å²) < 4.78 is 6.38. The van der Waals surface area contributed by atoms with Crippen LogP contribution in [-0.4, -0.2) is 33.5 Å². The molecule has 0 saturated heterocycles. The number of carbonyl (C=O) groups excluding carboxylic acids is 2. The monoisotopic (exact) mass is 328 g/mol. The van der Waals surface area contributed by atoms with E-state index in [2.05, 4.69) is 20.0 Å². The van der Waals surface area contributed by atoms with E-state index in [1.807, 2.05) is 0 Å². The molecule has 0 saturated carbocycles. The second kappa shape index (κ2) is 6.41. The number of pyridine rings is 1. The molecule has 8 heteroatoms. The van der Waals surface area contributed by atoms with E-state index in [1.54, 1.807) is 53.8 Å². The van der Waals surface area contributed by atoms with Crippen LogP contribution in [0.1, 0.15) is 19.3 Å². The summed E-state index contributed by atoms with van der Waals surface area (Å²) in [6.07, 6.45) is 6.64. The van der Waals surface area contributed by atoms with Gasteiger partial charge in [0, 0.05) is 12.4 Å². The Bertz CT molecular complexity index is 825. The molecule has 0 radical (unpaired) electrons. The van der Waals surface area contributed by atoms with Gasteiger partial charge in [-0.25, -0.2) is 14.8 Å². The second-order valence-corrected chi connectivity index (χ2v) is 5.57. The zero-order chi connectivity index (χ0) is 16.2. The fraction of sp³-hybridized carbons (Fsp3) is 0.0667. The van der Waals surface area contributed by atoms with Crippen LogP contribution in [0, 0.1) is 0 Å². The van der Waals surface area contributed by atoms with Gasteiger partial charge in [0.05, 0.1) is 23.9 Å². The van der Waals surface area contributed by atoms with Crippen molar-refractivity contribution in [2.75, 3.05) is 12.4 Å². The Kier molecular flexibility index (Phi) is 4.15. The third-order valence-electron chi connectivity index (χ3n) is 2.99. The number of nitrogens with zero attached hydrogens (tertiary/aromatic N) is 3. The van der Waals surface area contributed by atoms with Crippen LogP contribution in [0.5, 0.6) is 0 Å². The Morgan fingerprint density at radius 2 is 2.04 bits per heavy atom. The minimum Gasteiger partial charge on any atom is -0.465 e. The highest BCUT2D eigenvalue weighted by Crippen LogP contribution is 2.19. The molecule has 0 atom stereocenters. The molecule has 0 aliphatic carbocycles. The Labute approximate surface area is 135 Å². The van der Waals surface area contributed by atoms with Crippen LogP contribution in [0.2, 0.25) is 0 Å². The molecule has 3 aromatic rings. The summed E-state index contributed by atoms with van der Waals surface area (Å²) in [5.41, 5.74) is 0.562. The van der Waals surface area contributed by atoms with Crippen molar-refractivity contribution in [2.24, 2.45) is 0 Å². The predicted molar refractivity (Wildman–Crippen MR) is 85.0 cm³/mol. The summed E-state index contributed by atoms with van der Waals surface area (Å²) >= 11 is 1.07.